The number of hydrogen-bond donors (Lipinski definition) is 6. The minimum absolute atomic E-state index is 0.0491. The third kappa shape index (κ3) is 15.4. The predicted octanol–water partition coefficient (Wildman–Crippen LogP) is 0.816. The Morgan fingerprint density at radius 2 is 0.930 bits per heavy atom. The highest BCUT2D eigenvalue weighted by atomic mass is 16.8. The van der Waals surface area contributed by atoms with Gasteiger partial charge in [0.15, 0.2) is 44.0 Å². The number of aliphatic hydroxyl groups excluding tert-OH is 6. The molecule has 8 rings (SSSR count). The summed E-state index contributed by atoms with van der Waals surface area (Å²) in [6.45, 7) is 11.5. The van der Waals surface area contributed by atoms with E-state index in [9.17, 15) is 30.6 Å². The average molecular weight is 1020 g/mol. The molecule has 8 aliphatic heterocycles. The summed E-state index contributed by atoms with van der Waals surface area (Å²) < 4.78 is 96.4. The molecule has 0 saturated carbocycles. The van der Waals surface area contributed by atoms with Gasteiger partial charge in [0.05, 0.1) is 114 Å². The molecule has 0 aromatic heterocycles. The van der Waals surface area contributed by atoms with E-state index in [0.717, 1.165) is 24.0 Å². The molecule has 22 nitrogen and oxygen atoms in total. The van der Waals surface area contributed by atoms with Crippen LogP contribution in [0.5, 0.6) is 0 Å². The second-order valence-electron chi connectivity index (χ2n) is 20.4. The lowest BCUT2D eigenvalue weighted by atomic mass is 9.92. The first-order valence-corrected chi connectivity index (χ1v) is 25.7. The van der Waals surface area contributed by atoms with Gasteiger partial charge >= 0.3 is 0 Å². The molecule has 20 unspecified atom stereocenters. The van der Waals surface area contributed by atoms with E-state index in [0.29, 0.717) is 32.3 Å². The summed E-state index contributed by atoms with van der Waals surface area (Å²) in [5.41, 5.74) is 1.75. The number of ether oxygens (including phenoxy) is 16. The lowest BCUT2D eigenvalue weighted by Crippen LogP contribution is -2.52. The van der Waals surface area contributed by atoms with Gasteiger partial charge in [0.2, 0.25) is 0 Å². The van der Waals surface area contributed by atoms with Crippen LogP contribution < -0.4 is 0 Å². The summed E-state index contributed by atoms with van der Waals surface area (Å²) in [7, 11) is 1.60. The molecule has 0 radical (unpaired) electrons. The van der Waals surface area contributed by atoms with Crippen molar-refractivity contribution in [1.29, 1.82) is 0 Å². The Bertz CT molecular complexity index is 1660. The smallest absolute Gasteiger partial charge is 0.184 e. The molecule has 22 heteroatoms. The normalized spacial score (nSPS) is 46.7. The monoisotopic (exact) mass is 1020 g/mol. The molecule has 0 aromatic carbocycles. The van der Waals surface area contributed by atoms with Crippen molar-refractivity contribution in [3.8, 4) is 0 Å². The van der Waals surface area contributed by atoms with E-state index in [1.807, 2.05) is 13.8 Å². The molecule has 71 heavy (non-hydrogen) atoms. The standard InChI is InChI=1S/C49H80O22/c1-6-7-8-27-9-29(67-46-40(54)15-34(23-62-46)70-48-41(55)14-33(22-63-48)69-45-38(52)10-28(50)17-58-45)19-59-43(27)65-32-13-39(53)47(61-21-32)68-30-11-36(25(2)3)44(60-20-30)66-35-16-42(56-5)49(64-24-35)71-31-12-37(51)26(4)57-18-31/h8,26,28-55H,2,6-7,9-24H2,1,3-5H3/b27-8+/t26?,28?,29?,30?,31?,32-,33?,34?,35?,36?,37?,38?,39?,40?,41+,42?,43?,44+,45?,46?,47?,48?,49?/m0/s1. The van der Waals surface area contributed by atoms with Gasteiger partial charge in [-0.15, -0.1) is 0 Å². The van der Waals surface area contributed by atoms with Crippen molar-refractivity contribution >= 4 is 0 Å². The third-order valence-corrected chi connectivity index (χ3v) is 14.3. The van der Waals surface area contributed by atoms with Crippen molar-refractivity contribution in [2.75, 3.05) is 60.0 Å². The number of allylic oxidation sites excluding steroid dienone is 1. The van der Waals surface area contributed by atoms with Crippen LogP contribution in [0.25, 0.3) is 0 Å². The number of rotatable bonds is 18. The molecule has 8 fully saturated rings. The van der Waals surface area contributed by atoms with Crippen LogP contribution in [0.15, 0.2) is 23.8 Å². The number of methoxy groups -OCH3 is 1. The van der Waals surface area contributed by atoms with Crippen molar-refractivity contribution in [2.45, 2.75) is 221 Å². The minimum atomic E-state index is -1.04. The summed E-state index contributed by atoms with van der Waals surface area (Å²) in [4.78, 5) is 0. The average Bonchev–Trinajstić information content (AvgIpc) is 3.34. The number of aliphatic hydroxyl groups is 6. The molecule has 8 heterocycles. The van der Waals surface area contributed by atoms with E-state index < -0.39 is 117 Å². The van der Waals surface area contributed by atoms with Gasteiger partial charge in [-0.1, -0.05) is 31.6 Å². The Hall–Kier alpha value is -1.40. The van der Waals surface area contributed by atoms with Gasteiger partial charge in [-0.05, 0) is 32.3 Å². The number of hydrogen-bond acceptors (Lipinski definition) is 22. The Labute approximate surface area is 415 Å². The fourth-order valence-electron chi connectivity index (χ4n) is 10.2. The van der Waals surface area contributed by atoms with Crippen LogP contribution in [0, 0.1) is 5.92 Å². The Morgan fingerprint density at radius 3 is 1.45 bits per heavy atom. The van der Waals surface area contributed by atoms with Gasteiger partial charge in [-0.3, -0.25) is 0 Å². The van der Waals surface area contributed by atoms with Crippen molar-refractivity contribution in [1.82, 2.24) is 0 Å². The van der Waals surface area contributed by atoms with Crippen LogP contribution >= 0.6 is 0 Å². The SMILES string of the molecule is C=C(C)C1CC(OC2OC[C@@H](OC3OCC(OC4OCC(OC5OCC(OC6OCC(O)CC6O)C[C@H]5O)CC4O)C/C3=C\CCC)CC2O)CO[C@@H]1OC1COC(OC2COC(C)C(O)C2)C(OC)C1. The van der Waals surface area contributed by atoms with Crippen LogP contribution in [0.1, 0.15) is 85.0 Å². The summed E-state index contributed by atoms with van der Waals surface area (Å²) in [6, 6.07) is 0. The maximum atomic E-state index is 11.3. The molecule has 0 aliphatic carbocycles. The van der Waals surface area contributed by atoms with Gasteiger partial charge in [-0.2, -0.15) is 0 Å². The van der Waals surface area contributed by atoms with Gasteiger partial charge in [0, 0.05) is 58.0 Å². The highest BCUT2D eigenvalue weighted by Crippen LogP contribution is 2.36. The molecular weight excluding hydrogens is 941 g/mol. The Balaban J connectivity index is 0.735. The second-order valence-corrected chi connectivity index (χ2v) is 20.4. The zero-order valence-corrected chi connectivity index (χ0v) is 41.5. The van der Waals surface area contributed by atoms with E-state index in [1.165, 1.54) is 0 Å². The fraction of sp³-hybridized carbons (Fsp3) is 0.918. The van der Waals surface area contributed by atoms with Crippen LogP contribution in [-0.2, 0) is 75.8 Å². The van der Waals surface area contributed by atoms with E-state index in [1.54, 1.807) is 7.11 Å². The molecule has 8 aliphatic rings. The van der Waals surface area contributed by atoms with E-state index >= 15 is 0 Å². The van der Waals surface area contributed by atoms with Crippen LogP contribution in [0.3, 0.4) is 0 Å². The van der Waals surface area contributed by atoms with Gasteiger partial charge in [0.25, 0.3) is 0 Å². The molecule has 8 saturated heterocycles. The zero-order valence-electron chi connectivity index (χ0n) is 41.5. The van der Waals surface area contributed by atoms with E-state index in [4.69, 9.17) is 75.8 Å². The van der Waals surface area contributed by atoms with Crippen molar-refractivity contribution in [3.05, 3.63) is 23.8 Å². The lowest BCUT2D eigenvalue weighted by Gasteiger charge is -2.43. The van der Waals surface area contributed by atoms with E-state index in [2.05, 4.69) is 19.6 Å². The maximum absolute atomic E-state index is 11.3. The molecule has 408 valence electrons. The second kappa shape index (κ2) is 26.6. The summed E-state index contributed by atoms with van der Waals surface area (Å²) in [5, 5.41) is 63.2. The first kappa shape index (κ1) is 55.8. The zero-order chi connectivity index (χ0) is 50.2. The molecular formula is C49H80O22. The van der Waals surface area contributed by atoms with Crippen molar-refractivity contribution in [2.24, 2.45) is 5.92 Å². The molecule has 0 spiro atoms. The van der Waals surface area contributed by atoms with Crippen molar-refractivity contribution in [3.63, 3.8) is 0 Å². The first-order valence-electron chi connectivity index (χ1n) is 25.7. The summed E-state index contributed by atoms with van der Waals surface area (Å²) >= 11 is 0. The summed E-state index contributed by atoms with van der Waals surface area (Å²) in [5.74, 6) is -0.197. The van der Waals surface area contributed by atoms with Gasteiger partial charge in [0.1, 0.15) is 30.5 Å². The van der Waals surface area contributed by atoms with Gasteiger partial charge < -0.3 is 106 Å². The number of unbranched alkanes of at least 4 members (excludes halogenated alkanes) is 1. The molecule has 6 N–H and O–H groups in total. The highest BCUT2D eigenvalue weighted by Gasteiger charge is 2.45. The largest absolute Gasteiger partial charge is 0.391 e. The molecule has 0 amide bonds. The van der Waals surface area contributed by atoms with Crippen LogP contribution in [0.4, 0.5) is 0 Å². The Kier molecular flexibility index (Phi) is 20.9. The van der Waals surface area contributed by atoms with Crippen molar-refractivity contribution < 1.29 is 106 Å². The molecule has 23 atom stereocenters. The summed E-state index contributed by atoms with van der Waals surface area (Å²) in [6.07, 6.45) is -8.25. The van der Waals surface area contributed by atoms with Crippen LogP contribution in [-0.4, -0.2) is 226 Å². The maximum Gasteiger partial charge on any atom is 0.184 e. The third-order valence-electron chi connectivity index (χ3n) is 14.3. The molecule has 0 bridgehead atoms. The highest BCUT2D eigenvalue weighted by molar-refractivity contribution is 5.10. The first-order chi connectivity index (χ1) is 34.2. The minimum Gasteiger partial charge on any atom is -0.391 e. The topological polar surface area (TPSA) is 269 Å². The van der Waals surface area contributed by atoms with E-state index in [-0.39, 0.29) is 96.2 Å². The Morgan fingerprint density at radius 1 is 0.507 bits per heavy atom. The fourth-order valence-corrected chi connectivity index (χ4v) is 10.2. The predicted molar refractivity (Wildman–Crippen MR) is 243 cm³/mol. The van der Waals surface area contributed by atoms with Crippen LogP contribution in [0.2, 0.25) is 0 Å². The van der Waals surface area contributed by atoms with Gasteiger partial charge in [-0.25, -0.2) is 0 Å². The lowest BCUT2D eigenvalue weighted by molar-refractivity contribution is -0.320. The molecule has 0 aromatic rings. The quantitative estimate of drug-likeness (QED) is 0.104.